The van der Waals surface area contributed by atoms with Crippen LogP contribution in [0.1, 0.15) is 36.8 Å². The van der Waals surface area contributed by atoms with Crippen LogP contribution in [0.15, 0.2) is 36.4 Å². The number of aryl methyl sites for hydroxylation is 2. The third-order valence-electron chi connectivity index (χ3n) is 6.81. The van der Waals surface area contributed by atoms with E-state index in [0.717, 1.165) is 61.5 Å². The summed E-state index contributed by atoms with van der Waals surface area (Å²) in [4.78, 5) is 2.42. The highest BCUT2D eigenvalue weighted by Crippen LogP contribution is 2.36. The fraction of sp³-hybridized carbons (Fsp3) is 0.520. The number of rotatable bonds is 9. The Hall–Kier alpha value is -2.48. The van der Waals surface area contributed by atoms with Crippen LogP contribution in [0.3, 0.4) is 0 Å². The summed E-state index contributed by atoms with van der Waals surface area (Å²) < 4.78 is 21.8. The highest BCUT2D eigenvalue weighted by molar-refractivity contribution is 5.45. The third kappa shape index (κ3) is 4.65. The summed E-state index contributed by atoms with van der Waals surface area (Å²) in [5, 5.41) is 19.6. The van der Waals surface area contributed by atoms with Gasteiger partial charge in [-0.15, -0.1) is 0 Å². The lowest BCUT2D eigenvalue weighted by atomic mass is 10.0. The van der Waals surface area contributed by atoms with Crippen LogP contribution < -0.4 is 18.9 Å². The molecule has 0 spiro atoms. The number of likely N-dealkylation sites (tertiary alicyclic amines) is 1. The fourth-order valence-corrected chi connectivity index (χ4v) is 5.09. The predicted molar refractivity (Wildman–Crippen MR) is 118 cm³/mol. The molecule has 0 aliphatic carbocycles. The predicted octanol–water partition coefficient (Wildman–Crippen LogP) is 2.90. The molecular weight excluding hydrogens is 410 g/mol. The van der Waals surface area contributed by atoms with Crippen LogP contribution >= 0.6 is 0 Å². The van der Waals surface area contributed by atoms with Crippen LogP contribution in [0.25, 0.3) is 0 Å². The van der Waals surface area contributed by atoms with E-state index < -0.39 is 6.10 Å². The third-order valence-corrected chi connectivity index (χ3v) is 6.81. The van der Waals surface area contributed by atoms with E-state index in [1.54, 1.807) is 0 Å². The highest BCUT2D eigenvalue weighted by atomic mass is 16.7. The second-order valence-corrected chi connectivity index (χ2v) is 8.87. The highest BCUT2D eigenvalue weighted by Gasteiger charge is 2.34. The zero-order valence-electron chi connectivity index (χ0n) is 18.2. The van der Waals surface area contributed by atoms with Gasteiger partial charge >= 0.3 is 0 Å². The lowest BCUT2D eigenvalue weighted by Gasteiger charge is -2.32. The molecule has 3 aliphatic rings. The van der Waals surface area contributed by atoms with Gasteiger partial charge < -0.3 is 29.2 Å². The van der Waals surface area contributed by atoms with E-state index in [2.05, 4.69) is 29.2 Å². The molecule has 2 aromatic rings. The Kier molecular flexibility index (Phi) is 6.39. The second-order valence-electron chi connectivity index (χ2n) is 8.87. The number of nitrogens with zero attached hydrogens (tertiary/aromatic N) is 1. The Morgan fingerprint density at radius 3 is 1.78 bits per heavy atom. The van der Waals surface area contributed by atoms with Gasteiger partial charge in [-0.3, -0.25) is 4.90 Å². The van der Waals surface area contributed by atoms with E-state index in [-0.39, 0.29) is 6.61 Å². The van der Waals surface area contributed by atoms with E-state index in [1.165, 1.54) is 11.1 Å². The summed E-state index contributed by atoms with van der Waals surface area (Å²) in [6, 6.07) is 13.1. The molecule has 0 aromatic heterocycles. The molecule has 3 atom stereocenters. The molecule has 1 saturated heterocycles. The van der Waals surface area contributed by atoms with E-state index in [4.69, 9.17) is 18.9 Å². The Morgan fingerprint density at radius 2 is 1.28 bits per heavy atom. The number of hydrogen-bond acceptors (Lipinski definition) is 7. The van der Waals surface area contributed by atoms with Crippen molar-refractivity contribution in [2.45, 2.75) is 56.7 Å². The van der Waals surface area contributed by atoms with Crippen molar-refractivity contribution >= 4 is 0 Å². The lowest BCUT2D eigenvalue weighted by Crippen LogP contribution is -2.42. The monoisotopic (exact) mass is 441 g/mol. The molecule has 3 aliphatic heterocycles. The van der Waals surface area contributed by atoms with Crippen LogP contribution in [0.2, 0.25) is 0 Å². The van der Waals surface area contributed by atoms with Crippen LogP contribution in [0, 0.1) is 0 Å². The van der Waals surface area contributed by atoms with Crippen molar-refractivity contribution in [3.05, 3.63) is 47.5 Å². The topological polar surface area (TPSA) is 80.6 Å². The van der Waals surface area contributed by atoms with E-state index >= 15 is 0 Å². The van der Waals surface area contributed by atoms with Gasteiger partial charge in [-0.1, -0.05) is 12.1 Å². The maximum atomic E-state index is 10.2. The number of hydrogen-bond donors (Lipinski definition) is 2. The first kappa shape index (κ1) is 21.4. The molecule has 0 unspecified atom stereocenters. The lowest BCUT2D eigenvalue weighted by molar-refractivity contribution is 0.0393. The summed E-state index contributed by atoms with van der Waals surface area (Å²) >= 11 is 0. The molecule has 7 nitrogen and oxygen atoms in total. The molecule has 2 N–H and O–H groups in total. The van der Waals surface area contributed by atoms with Crippen molar-refractivity contribution < 1.29 is 29.2 Å². The average Bonchev–Trinajstić information content (AvgIpc) is 3.55. The molecule has 32 heavy (non-hydrogen) atoms. The summed E-state index contributed by atoms with van der Waals surface area (Å²) in [6.45, 7) is 0.882. The zero-order chi connectivity index (χ0) is 21.9. The molecule has 2 aromatic carbocycles. The number of aliphatic hydroxyl groups is 2. The molecule has 5 rings (SSSR count). The van der Waals surface area contributed by atoms with Crippen molar-refractivity contribution in [2.24, 2.45) is 0 Å². The number of aliphatic hydroxyl groups excluding tert-OH is 2. The van der Waals surface area contributed by atoms with Crippen molar-refractivity contribution in [1.29, 1.82) is 0 Å². The van der Waals surface area contributed by atoms with E-state index in [0.29, 0.717) is 32.2 Å². The normalized spacial score (nSPS) is 22.4. The van der Waals surface area contributed by atoms with Gasteiger partial charge in [0, 0.05) is 18.6 Å². The molecule has 7 heteroatoms. The Balaban J connectivity index is 1.21. The van der Waals surface area contributed by atoms with Gasteiger partial charge in [0.25, 0.3) is 0 Å². The Bertz CT molecular complexity index is 865. The van der Waals surface area contributed by atoms with Gasteiger partial charge in [-0.25, -0.2) is 0 Å². The maximum absolute atomic E-state index is 10.2. The van der Waals surface area contributed by atoms with Gasteiger partial charge in [0.15, 0.2) is 23.0 Å². The van der Waals surface area contributed by atoms with Crippen LogP contribution in [-0.2, 0) is 12.8 Å². The molecule has 0 bridgehead atoms. The Morgan fingerprint density at radius 1 is 0.781 bits per heavy atom. The first-order chi connectivity index (χ1) is 15.7. The number of fused-ring (bicyclic) bond motifs is 2. The first-order valence-corrected chi connectivity index (χ1v) is 11.5. The van der Waals surface area contributed by atoms with Crippen molar-refractivity contribution in [3.8, 4) is 23.0 Å². The van der Waals surface area contributed by atoms with Gasteiger partial charge in [-0.05, 0) is 73.9 Å². The molecule has 0 amide bonds. The minimum atomic E-state index is -0.714. The molecule has 172 valence electrons. The minimum Gasteiger partial charge on any atom is -0.454 e. The van der Waals surface area contributed by atoms with E-state index in [9.17, 15) is 10.2 Å². The second kappa shape index (κ2) is 9.57. The molecule has 3 heterocycles. The zero-order valence-corrected chi connectivity index (χ0v) is 18.2. The van der Waals surface area contributed by atoms with Crippen molar-refractivity contribution in [2.75, 3.05) is 26.7 Å². The summed E-state index contributed by atoms with van der Waals surface area (Å²) in [7, 11) is 0. The quantitative estimate of drug-likeness (QED) is 0.619. The van der Waals surface area contributed by atoms with Gasteiger partial charge in [0.05, 0.1) is 12.7 Å². The van der Waals surface area contributed by atoms with E-state index in [1.807, 2.05) is 12.1 Å². The van der Waals surface area contributed by atoms with Gasteiger partial charge in [0.1, 0.15) is 0 Å². The summed E-state index contributed by atoms with van der Waals surface area (Å²) in [5.74, 6) is 3.27. The molecule has 0 saturated carbocycles. The number of benzene rings is 2. The smallest absolute Gasteiger partial charge is 0.231 e. The van der Waals surface area contributed by atoms with Crippen LogP contribution in [0.4, 0.5) is 0 Å². The molecule has 1 fully saturated rings. The maximum Gasteiger partial charge on any atom is 0.231 e. The molecule has 0 radical (unpaired) electrons. The standard InChI is InChI=1S/C25H31NO6/c27-14-21(28)13-26-19(5-1-17-3-9-22-24(11-17)31-15-29-22)7-8-20(26)6-2-18-4-10-23-25(12-18)32-16-30-23/h3-4,9-12,19-21,27-28H,1-2,5-8,13-16H2/t19-,20+,21-/m1/s1. The Labute approximate surface area is 188 Å². The molecular formula is C25H31NO6. The number of β-amino-alcohol motifs (C(OH)–C–C–N with tert-alkyl or cyclic N) is 1. The van der Waals surface area contributed by atoms with Crippen LogP contribution in [-0.4, -0.2) is 60.0 Å². The SMILES string of the molecule is OC[C@H](O)CN1[C@H](CCc2ccc3c(c2)OCO3)CC[C@@H]1CCc1ccc2c(c1)OCO2. The number of ether oxygens (including phenoxy) is 4. The first-order valence-electron chi connectivity index (χ1n) is 11.5. The average molecular weight is 442 g/mol. The van der Waals surface area contributed by atoms with Gasteiger partial charge in [0.2, 0.25) is 13.6 Å². The fourth-order valence-electron chi connectivity index (χ4n) is 5.09. The summed E-state index contributed by atoms with van der Waals surface area (Å²) in [6.07, 6.45) is 5.41. The largest absolute Gasteiger partial charge is 0.454 e. The van der Waals surface area contributed by atoms with Crippen molar-refractivity contribution in [1.82, 2.24) is 4.90 Å². The van der Waals surface area contributed by atoms with Crippen molar-refractivity contribution in [3.63, 3.8) is 0 Å². The van der Waals surface area contributed by atoms with Gasteiger partial charge in [-0.2, -0.15) is 0 Å². The van der Waals surface area contributed by atoms with Crippen LogP contribution in [0.5, 0.6) is 23.0 Å². The minimum absolute atomic E-state index is 0.208. The summed E-state index contributed by atoms with van der Waals surface area (Å²) in [5.41, 5.74) is 2.47.